The third kappa shape index (κ3) is 3.49. The summed E-state index contributed by atoms with van der Waals surface area (Å²) < 4.78 is 0. The summed E-state index contributed by atoms with van der Waals surface area (Å²) in [6, 6.07) is 12.7. The van der Waals surface area contributed by atoms with Crippen LogP contribution >= 0.6 is 11.8 Å². The van der Waals surface area contributed by atoms with E-state index in [1.807, 2.05) is 30.3 Å². The van der Waals surface area contributed by atoms with E-state index in [2.05, 4.69) is 10.3 Å². The molecule has 0 bridgehead atoms. The van der Waals surface area contributed by atoms with Crippen LogP contribution < -0.4 is 5.32 Å². The van der Waals surface area contributed by atoms with Crippen molar-refractivity contribution in [1.82, 2.24) is 4.98 Å². The highest BCUT2D eigenvalue weighted by Gasteiger charge is 2.07. The number of anilines is 1. The molecule has 0 aliphatic carbocycles. The average Bonchev–Trinajstić information content (AvgIpc) is 2.40. The van der Waals surface area contributed by atoms with Gasteiger partial charge in [0.2, 0.25) is 5.91 Å². The highest BCUT2D eigenvalue weighted by molar-refractivity contribution is 8.00. The highest BCUT2D eigenvalue weighted by atomic mass is 32.2. The standard InChI is InChI=1S/C13H12N2O2S/c16-11-7-4-8-14-13(11)15-12(17)9-18-10-5-2-1-3-6-10/h1-8,16H,9H2,(H,14,15,17). The van der Waals surface area contributed by atoms with E-state index in [0.29, 0.717) is 0 Å². The first-order chi connectivity index (χ1) is 8.75. The summed E-state index contributed by atoms with van der Waals surface area (Å²) >= 11 is 1.43. The molecule has 2 N–H and O–H groups in total. The third-order valence-corrected chi connectivity index (χ3v) is 3.17. The van der Waals surface area contributed by atoms with Crippen LogP contribution in [0.2, 0.25) is 0 Å². The lowest BCUT2D eigenvalue weighted by Crippen LogP contribution is -2.14. The van der Waals surface area contributed by atoms with Crippen LogP contribution in [0.25, 0.3) is 0 Å². The zero-order chi connectivity index (χ0) is 12.8. The molecular weight excluding hydrogens is 248 g/mol. The Hall–Kier alpha value is -2.01. The van der Waals surface area contributed by atoms with E-state index in [1.165, 1.54) is 24.0 Å². The van der Waals surface area contributed by atoms with E-state index < -0.39 is 0 Å². The second-order valence-corrected chi connectivity index (χ2v) is 4.57. The monoisotopic (exact) mass is 260 g/mol. The van der Waals surface area contributed by atoms with Gasteiger partial charge in [-0.25, -0.2) is 4.98 Å². The van der Waals surface area contributed by atoms with Gasteiger partial charge in [0, 0.05) is 11.1 Å². The zero-order valence-corrected chi connectivity index (χ0v) is 10.4. The lowest BCUT2D eigenvalue weighted by atomic mass is 10.4. The molecule has 5 heteroatoms. The maximum absolute atomic E-state index is 11.7. The maximum atomic E-state index is 11.7. The molecule has 2 aromatic rings. The van der Waals surface area contributed by atoms with Crippen molar-refractivity contribution in [3.8, 4) is 5.75 Å². The fourth-order valence-corrected chi connectivity index (χ4v) is 2.05. The van der Waals surface area contributed by atoms with Crippen molar-refractivity contribution in [2.75, 3.05) is 11.1 Å². The molecule has 0 spiro atoms. The van der Waals surface area contributed by atoms with Gasteiger partial charge >= 0.3 is 0 Å². The number of pyridine rings is 1. The molecule has 1 aromatic carbocycles. The third-order valence-electron chi connectivity index (χ3n) is 2.16. The Morgan fingerprint density at radius 2 is 2.00 bits per heavy atom. The summed E-state index contributed by atoms with van der Waals surface area (Å²) in [6.45, 7) is 0. The zero-order valence-electron chi connectivity index (χ0n) is 9.54. The van der Waals surface area contributed by atoms with Crippen molar-refractivity contribution in [2.45, 2.75) is 4.90 Å². The largest absolute Gasteiger partial charge is 0.504 e. The summed E-state index contributed by atoms with van der Waals surface area (Å²) in [5.41, 5.74) is 0. The van der Waals surface area contributed by atoms with Crippen LogP contribution in [0.3, 0.4) is 0 Å². The van der Waals surface area contributed by atoms with Crippen LogP contribution in [-0.4, -0.2) is 21.8 Å². The molecule has 0 saturated carbocycles. The summed E-state index contributed by atoms with van der Waals surface area (Å²) in [4.78, 5) is 16.6. The molecule has 0 aliphatic rings. The summed E-state index contributed by atoms with van der Waals surface area (Å²) in [5.74, 6) is 0.240. The molecule has 1 amide bonds. The van der Waals surface area contributed by atoms with Gasteiger partial charge in [-0.1, -0.05) is 18.2 Å². The van der Waals surface area contributed by atoms with Crippen LogP contribution in [0.5, 0.6) is 5.75 Å². The number of nitrogens with zero attached hydrogens (tertiary/aromatic N) is 1. The SMILES string of the molecule is O=C(CSc1ccccc1)Nc1ncccc1O. The van der Waals surface area contributed by atoms with Crippen molar-refractivity contribution in [2.24, 2.45) is 0 Å². The quantitative estimate of drug-likeness (QED) is 0.829. The van der Waals surface area contributed by atoms with Crippen LogP contribution in [0, 0.1) is 0 Å². The Balaban J connectivity index is 1.88. The highest BCUT2D eigenvalue weighted by Crippen LogP contribution is 2.20. The molecule has 0 radical (unpaired) electrons. The molecule has 1 heterocycles. The second-order valence-electron chi connectivity index (χ2n) is 3.52. The smallest absolute Gasteiger partial charge is 0.235 e. The first kappa shape index (κ1) is 12.4. The summed E-state index contributed by atoms with van der Waals surface area (Å²) in [6.07, 6.45) is 1.51. The van der Waals surface area contributed by atoms with Crippen LogP contribution in [0.4, 0.5) is 5.82 Å². The molecule has 2 rings (SSSR count). The Morgan fingerprint density at radius 3 is 2.72 bits per heavy atom. The fourth-order valence-electron chi connectivity index (χ4n) is 1.33. The predicted octanol–water partition coefficient (Wildman–Crippen LogP) is 2.52. The molecular formula is C13H12N2O2S. The molecule has 0 unspecified atom stereocenters. The van der Waals surface area contributed by atoms with E-state index in [9.17, 15) is 9.90 Å². The summed E-state index contributed by atoms with van der Waals surface area (Å²) in [7, 11) is 0. The van der Waals surface area contributed by atoms with E-state index in [-0.39, 0.29) is 23.2 Å². The lowest BCUT2D eigenvalue weighted by Gasteiger charge is -2.05. The van der Waals surface area contributed by atoms with Crippen LogP contribution in [0.15, 0.2) is 53.6 Å². The minimum absolute atomic E-state index is 0.0319. The van der Waals surface area contributed by atoms with E-state index >= 15 is 0 Å². The number of carbonyl (C=O) groups is 1. The van der Waals surface area contributed by atoms with Crippen molar-refractivity contribution in [1.29, 1.82) is 0 Å². The van der Waals surface area contributed by atoms with Crippen molar-refractivity contribution >= 4 is 23.5 Å². The normalized spacial score (nSPS) is 10.0. The van der Waals surface area contributed by atoms with Crippen LogP contribution in [-0.2, 0) is 4.79 Å². The Labute approximate surface area is 109 Å². The van der Waals surface area contributed by atoms with E-state index in [4.69, 9.17) is 0 Å². The second kappa shape index (κ2) is 6.07. The topological polar surface area (TPSA) is 62.2 Å². The number of nitrogens with one attached hydrogen (secondary N) is 1. The first-order valence-corrected chi connectivity index (χ1v) is 6.36. The Morgan fingerprint density at radius 1 is 1.22 bits per heavy atom. The average molecular weight is 260 g/mol. The molecule has 92 valence electrons. The summed E-state index contributed by atoms with van der Waals surface area (Å²) in [5, 5.41) is 12.0. The molecule has 18 heavy (non-hydrogen) atoms. The number of aromatic hydroxyl groups is 1. The van der Waals surface area contributed by atoms with Crippen molar-refractivity contribution in [3.05, 3.63) is 48.7 Å². The van der Waals surface area contributed by atoms with E-state index in [1.54, 1.807) is 6.07 Å². The van der Waals surface area contributed by atoms with Crippen LogP contribution in [0.1, 0.15) is 0 Å². The number of amides is 1. The van der Waals surface area contributed by atoms with Gasteiger partial charge < -0.3 is 10.4 Å². The Bertz CT molecular complexity index is 532. The van der Waals surface area contributed by atoms with Gasteiger partial charge in [-0.2, -0.15) is 0 Å². The van der Waals surface area contributed by atoms with Crippen molar-refractivity contribution < 1.29 is 9.90 Å². The number of benzene rings is 1. The number of hydrogen-bond donors (Lipinski definition) is 2. The minimum atomic E-state index is -0.196. The lowest BCUT2D eigenvalue weighted by molar-refractivity contribution is -0.113. The number of aromatic nitrogens is 1. The van der Waals surface area contributed by atoms with Gasteiger partial charge in [0.25, 0.3) is 0 Å². The number of rotatable bonds is 4. The van der Waals surface area contributed by atoms with Gasteiger partial charge in [-0.15, -0.1) is 11.8 Å². The predicted molar refractivity (Wildman–Crippen MR) is 71.7 cm³/mol. The molecule has 1 aromatic heterocycles. The van der Waals surface area contributed by atoms with Crippen molar-refractivity contribution in [3.63, 3.8) is 0 Å². The van der Waals surface area contributed by atoms with E-state index in [0.717, 1.165) is 4.90 Å². The number of carbonyl (C=O) groups excluding carboxylic acids is 1. The molecule has 0 fully saturated rings. The van der Waals surface area contributed by atoms with Gasteiger partial charge in [0.15, 0.2) is 11.6 Å². The van der Waals surface area contributed by atoms with Gasteiger partial charge in [0.05, 0.1) is 5.75 Å². The van der Waals surface area contributed by atoms with Gasteiger partial charge in [-0.05, 0) is 24.3 Å². The molecule has 0 saturated heterocycles. The van der Waals surface area contributed by atoms with Gasteiger partial charge in [0.1, 0.15) is 0 Å². The fraction of sp³-hybridized carbons (Fsp3) is 0.0769. The molecule has 0 atom stereocenters. The first-order valence-electron chi connectivity index (χ1n) is 5.37. The minimum Gasteiger partial charge on any atom is -0.504 e. The molecule has 0 aliphatic heterocycles. The molecule has 4 nitrogen and oxygen atoms in total. The Kier molecular flexibility index (Phi) is 4.20. The number of thioether (sulfide) groups is 1. The maximum Gasteiger partial charge on any atom is 0.235 e. The van der Waals surface area contributed by atoms with Gasteiger partial charge in [-0.3, -0.25) is 4.79 Å². The number of hydrogen-bond acceptors (Lipinski definition) is 4.